The Labute approximate surface area is 98.2 Å². The van der Waals surface area contributed by atoms with Gasteiger partial charge in [0.15, 0.2) is 0 Å². The summed E-state index contributed by atoms with van der Waals surface area (Å²) in [6.07, 6.45) is 0.999. The second-order valence-electron chi connectivity index (χ2n) is 3.74. The van der Waals surface area contributed by atoms with Gasteiger partial charge in [-0.15, -0.1) is 0 Å². The Hall–Kier alpha value is -0.250. The number of hydrogen-bond donors (Lipinski definition) is 1. The Morgan fingerprint density at radius 2 is 2.33 bits per heavy atom. The van der Waals surface area contributed by atoms with Crippen LogP contribution in [0.25, 0.3) is 0 Å². The van der Waals surface area contributed by atoms with Gasteiger partial charge in [-0.2, -0.15) is 11.8 Å². The second kappa shape index (κ2) is 4.32. The molecule has 2 atom stereocenters. The Morgan fingerprint density at radius 3 is 3.00 bits per heavy atom. The summed E-state index contributed by atoms with van der Waals surface area (Å²) < 4.78 is 13.2. The van der Waals surface area contributed by atoms with E-state index < -0.39 is 0 Å². The van der Waals surface area contributed by atoms with Gasteiger partial charge in [-0.05, 0) is 29.7 Å². The van der Waals surface area contributed by atoms with Gasteiger partial charge in [-0.25, -0.2) is 4.39 Å². The van der Waals surface area contributed by atoms with Crippen LogP contribution < -0.4 is 5.73 Å². The standard InChI is InChI=1S/C11H13ClFNS/c1-2-10-11(14)7-3-6(13)4-9(12)8(7)5-15-10/h3-4,10-11H,2,5,14H2,1H3. The third kappa shape index (κ3) is 2.01. The Balaban J connectivity index is 2.46. The van der Waals surface area contributed by atoms with E-state index in [0.717, 1.165) is 23.3 Å². The van der Waals surface area contributed by atoms with E-state index in [2.05, 4.69) is 6.92 Å². The predicted molar refractivity (Wildman–Crippen MR) is 63.7 cm³/mol. The van der Waals surface area contributed by atoms with Gasteiger partial charge >= 0.3 is 0 Å². The first kappa shape index (κ1) is 11.2. The molecule has 0 aliphatic carbocycles. The highest BCUT2D eigenvalue weighted by Crippen LogP contribution is 2.40. The largest absolute Gasteiger partial charge is 0.323 e. The number of hydrogen-bond acceptors (Lipinski definition) is 2. The highest BCUT2D eigenvalue weighted by Gasteiger charge is 2.27. The van der Waals surface area contributed by atoms with E-state index in [4.69, 9.17) is 17.3 Å². The van der Waals surface area contributed by atoms with Gasteiger partial charge in [0.1, 0.15) is 5.82 Å². The van der Waals surface area contributed by atoms with Gasteiger partial charge in [-0.3, -0.25) is 0 Å². The molecular weight excluding hydrogens is 233 g/mol. The lowest BCUT2D eigenvalue weighted by atomic mass is 9.97. The van der Waals surface area contributed by atoms with E-state index in [-0.39, 0.29) is 11.9 Å². The van der Waals surface area contributed by atoms with Gasteiger partial charge in [-0.1, -0.05) is 18.5 Å². The van der Waals surface area contributed by atoms with Crippen molar-refractivity contribution in [2.24, 2.45) is 5.73 Å². The summed E-state index contributed by atoms with van der Waals surface area (Å²) in [5, 5.41) is 0.873. The molecule has 0 aromatic heterocycles. The van der Waals surface area contributed by atoms with Crippen LogP contribution in [0.1, 0.15) is 30.5 Å². The van der Waals surface area contributed by atoms with Crippen molar-refractivity contribution in [3.05, 3.63) is 34.1 Å². The topological polar surface area (TPSA) is 26.0 Å². The van der Waals surface area contributed by atoms with E-state index in [0.29, 0.717) is 10.3 Å². The molecule has 4 heteroatoms. The van der Waals surface area contributed by atoms with E-state index in [1.807, 2.05) is 0 Å². The lowest BCUT2D eigenvalue weighted by molar-refractivity contribution is 0.604. The van der Waals surface area contributed by atoms with Crippen molar-refractivity contribution in [1.82, 2.24) is 0 Å². The zero-order valence-corrected chi connectivity index (χ0v) is 10.0. The zero-order valence-electron chi connectivity index (χ0n) is 8.47. The van der Waals surface area contributed by atoms with Crippen LogP contribution in [0.3, 0.4) is 0 Å². The van der Waals surface area contributed by atoms with Gasteiger partial charge in [0.2, 0.25) is 0 Å². The van der Waals surface area contributed by atoms with Crippen LogP contribution in [0.4, 0.5) is 4.39 Å². The van der Waals surface area contributed by atoms with Gasteiger partial charge in [0, 0.05) is 22.1 Å². The summed E-state index contributed by atoms with van der Waals surface area (Å²) >= 11 is 7.80. The van der Waals surface area contributed by atoms with E-state index in [1.165, 1.54) is 12.1 Å². The maximum Gasteiger partial charge on any atom is 0.125 e. The van der Waals surface area contributed by atoms with Crippen LogP contribution in [0.15, 0.2) is 12.1 Å². The third-order valence-electron chi connectivity index (χ3n) is 2.80. The number of fused-ring (bicyclic) bond motifs is 1. The molecule has 1 aromatic carbocycles. The van der Waals surface area contributed by atoms with Crippen molar-refractivity contribution in [1.29, 1.82) is 0 Å². The van der Waals surface area contributed by atoms with Gasteiger partial charge < -0.3 is 5.73 Å². The average molecular weight is 246 g/mol. The lowest BCUT2D eigenvalue weighted by Crippen LogP contribution is -2.28. The molecule has 0 saturated carbocycles. The average Bonchev–Trinajstić information content (AvgIpc) is 2.19. The SMILES string of the molecule is CCC1SCc2c(Cl)cc(F)cc2C1N. The smallest absolute Gasteiger partial charge is 0.125 e. The Bertz CT molecular complexity index is 383. The van der Waals surface area contributed by atoms with Crippen LogP contribution in [0, 0.1) is 5.82 Å². The van der Waals surface area contributed by atoms with Crippen molar-refractivity contribution in [2.75, 3.05) is 0 Å². The highest BCUT2D eigenvalue weighted by atomic mass is 35.5. The summed E-state index contributed by atoms with van der Waals surface area (Å²) in [6, 6.07) is 2.78. The first-order valence-corrected chi connectivity index (χ1v) is 6.41. The van der Waals surface area contributed by atoms with Crippen LogP contribution in [0.5, 0.6) is 0 Å². The third-order valence-corrected chi connectivity index (χ3v) is 4.65. The first-order chi connectivity index (χ1) is 7.13. The van der Waals surface area contributed by atoms with Crippen molar-refractivity contribution < 1.29 is 4.39 Å². The molecule has 1 aliphatic heterocycles. The van der Waals surface area contributed by atoms with Crippen LogP contribution in [-0.2, 0) is 5.75 Å². The molecule has 1 aliphatic rings. The number of nitrogens with two attached hydrogens (primary N) is 1. The Morgan fingerprint density at radius 1 is 1.60 bits per heavy atom. The van der Waals surface area contributed by atoms with Crippen molar-refractivity contribution in [3.63, 3.8) is 0 Å². The molecular formula is C11H13ClFNS. The summed E-state index contributed by atoms with van der Waals surface area (Å²) in [4.78, 5) is 0. The molecule has 2 rings (SSSR count). The molecule has 82 valence electrons. The molecule has 0 spiro atoms. The highest BCUT2D eigenvalue weighted by molar-refractivity contribution is 7.99. The molecule has 2 unspecified atom stereocenters. The van der Waals surface area contributed by atoms with E-state index in [9.17, 15) is 4.39 Å². The van der Waals surface area contributed by atoms with Gasteiger partial charge in [0.05, 0.1) is 0 Å². The first-order valence-electron chi connectivity index (χ1n) is 4.98. The normalized spacial score (nSPS) is 25.1. The number of halogens is 2. The molecule has 0 bridgehead atoms. The molecule has 2 N–H and O–H groups in total. The second-order valence-corrected chi connectivity index (χ2v) is 5.37. The predicted octanol–water partition coefficient (Wildman–Crippen LogP) is 3.50. The fraction of sp³-hybridized carbons (Fsp3) is 0.455. The molecule has 0 saturated heterocycles. The van der Waals surface area contributed by atoms with Crippen molar-refractivity contribution >= 4 is 23.4 Å². The quantitative estimate of drug-likeness (QED) is 0.820. The van der Waals surface area contributed by atoms with Crippen LogP contribution >= 0.6 is 23.4 Å². The van der Waals surface area contributed by atoms with Crippen LogP contribution in [-0.4, -0.2) is 5.25 Å². The van der Waals surface area contributed by atoms with E-state index in [1.54, 1.807) is 11.8 Å². The number of benzene rings is 1. The summed E-state index contributed by atoms with van der Waals surface area (Å²) in [7, 11) is 0. The summed E-state index contributed by atoms with van der Waals surface area (Å²) in [5.41, 5.74) is 7.97. The monoisotopic (exact) mass is 245 g/mol. The molecule has 1 aromatic rings. The Kier molecular flexibility index (Phi) is 3.24. The zero-order chi connectivity index (χ0) is 11.0. The van der Waals surface area contributed by atoms with Crippen molar-refractivity contribution in [3.8, 4) is 0 Å². The lowest BCUT2D eigenvalue weighted by Gasteiger charge is -2.30. The van der Waals surface area contributed by atoms with Gasteiger partial charge in [0.25, 0.3) is 0 Å². The maximum atomic E-state index is 13.2. The van der Waals surface area contributed by atoms with Crippen molar-refractivity contribution in [2.45, 2.75) is 30.4 Å². The van der Waals surface area contributed by atoms with E-state index >= 15 is 0 Å². The fourth-order valence-corrected chi connectivity index (χ4v) is 3.59. The fourth-order valence-electron chi connectivity index (χ4n) is 1.94. The van der Waals surface area contributed by atoms with Crippen LogP contribution in [0.2, 0.25) is 5.02 Å². The minimum absolute atomic E-state index is 0.100. The molecule has 0 amide bonds. The number of rotatable bonds is 1. The molecule has 0 radical (unpaired) electrons. The molecule has 1 heterocycles. The summed E-state index contributed by atoms with van der Waals surface area (Å²) in [5.74, 6) is 0.539. The molecule has 1 nitrogen and oxygen atoms in total. The number of thioether (sulfide) groups is 1. The minimum atomic E-state index is -0.295. The maximum absolute atomic E-state index is 13.2. The minimum Gasteiger partial charge on any atom is -0.323 e. The summed E-state index contributed by atoms with van der Waals surface area (Å²) in [6.45, 7) is 2.10. The molecule has 0 fully saturated rings. The molecule has 15 heavy (non-hydrogen) atoms.